The van der Waals surface area contributed by atoms with E-state index >= 15 is 8.78 Å². The van der Waals surface area contributed by atoms with E-state index in [9.17, 15) is 22.8 Å². The van der Waals surface area contributed by atoms with Gasteiger partial charge in [0.1, 0.15) is 22.2 Å². The Morgan fingerprint density at radius 1 is 0.849 bits per heavy atom. The van der Waals surface area contributed by atoms with E-state index in [1.54, 1.807) is 58.6 Å². The summed E-state index contributed by atoms with van der Waals surface area (Å²) in [7, 11) is -3.91. The van der Waals surface area contributed by atoms with Gasteiger partial charge in [-0.2, -0.15) is 4.31 Å². The van der Waals surface area contributed by atoms with Crippen LogP contribution in [0.15, 0.2) is 41.3 Å². The zero-order valence-corrected chi connectivity index (χ0v) is 32.5. The number of anilines is 2. The molecule has 3 heterocycles. The number of carbonyl (C=O) groups excluding carboxylic acids is 3. The SMILES string of the molecule is CC(C)(C)OC(=O)NC1CCC(C(F)(F)c2cc(Cl)nc(N3CCN(S(=O)(=O)c4ccc(N5CC(NC(=O)OC(C)(C)C)CC5=O)cc4)CC3)c2)CC1. The van der Waals surface area contributed by atoms with Crippen LogP contribution in [-0.2, 0) is 30.2 Å². The summed E-state index contributed by atoms with van der Waals surface area (Å²) in [5.74, 6) is -4.14. The van der Waals surface area contributed by atoms with Crippen LogP contribution in [0.25, 0.3) is 0 Å². The van der Waals surface area contributed by atoms with Crippen LogP contribution in [0, 0.1) is 5.92 Å². The summed E-state index contributed by atoms with van der Waals surface area (Å²) in [6.07, 6.45) is 0.0577. The number of alkyl carbamates (subject to hydrolysis) is 2. The molecule has 53 heavy (non-hydrogen) atoms. The second kappa shape index (κ2) is 15.5. The van der Waals surface area contributed by atoms with E-state index in [-0.39, 0.29) is 85.4 Å². The molecule has 1 saturated carbocycles. The smallest absolute Gasteiger partial charge is 0.407 e. The lowest BCUT2D eigenvalue weighted by atomic mass is 9.80. The molecule has 3 aliphatic rings. The molecule has 3 amide bonds. The Labute approximate surface area is 314 Å². The summed E-state index contributed by atoms with van der Waals surface area (Å²) in [6, 6.07) is 7.77. The number of hydrogen-bond acceptors (Lipinski definition) is 9. The van der Waals surface area contributed by atoms with E-state index in [0.717, 1.165) is 0 Å². The van der Waals surface area contributed by atoms with Crippen molar-refractivity contribution in [3.05, 3.63) is 47.1 Å². The quantitative estimate of drug-likeness (QED) is 0.305. The van der Waals surface area contributed by atoms with Gasteiger partial charge in [0.25, 0.3) is 5.92 Å². The number of piperazine rings is 1. The summed E-state index contributed by atoms with van der Waals surface area (Å²) in [5, 5.41) is 5.40. The molecule has 2 N–H and O–H groups in total. The molecule has 2 saturated heterocycles. The number of carbonyl (C=O) groups is 3. The molecule has 1 aromatic carbocycles. The normalized spacial score (nSPS) is 22.1. The number of pyridine rings is 1. The van der Waals surface area contributed by atoms with Crippen LogP contribution in [-0.4, -0.2) is 91.8 Å². The minimum Gasteiger partial charge on any atom is -0.444 e. The van der Waals surface area contributed by atoms with E-state index in [2.05, 4.69) is 15.6 Å². The fourth-order valence-corrected chi connectivity index (χ4v) is 8.41. The Balaban J connectivity index is 1.16. The molecule has 3 fully saturated rings. The van der Waals surface area contributed by atoms with Gasteiger partial charge in [0.05, 0.1) is 10.9 Å². The number of alkyl halides is 2. The van der Waals surface area contributed by atoms with Gasteiger partial charge in [-0.3, -0.25) is 4.79 Å². The maximum atomic E-state index is 15.9. The fourth-order valence-electron chi connectivity index (χ4n) is 6.78. The van der Waals surface area contributed by atoms with Gasteiger partial charge >= 0.3 is 12.2 Å². The van der Waals surface area contributed by atoms with Crippen molar-refractivity contribution in [3.8, 4) is 0 Å². The molecule has 2 aliphatic heterocycles. The van der Waals surface area contributed by atoms with Crippen molar-refractivity contribution in [3.63, 3.8) is 0 Å². The van der Waals surface area contributed by atoms with Crippen LogP contribution in [0.5, 0.6) is 0 Å². The first-order valence-electron chi connectivity index (χ1n) is 17.8. The molecule has 0 spiro atoms. The summed E-state index contributed by atoms with van der Waals surface area (Å²) < 4.78 is 70.9. The zero-order chi connectivity index (χ0) is 38.9. The molecule has 1 unspecified atom stereocenters. The summed E-state index contributed by atoms with van der Waals surface area (Å²) in [5.41, 5.74) is -1.10. The predicted molar refractivity (Wildman–Crippen MR) is 196 cm³/mol. The van der Waals surface area contributed by atoms with Gasteiger partial charge in [0, 0.05) is 62.4 Å². The third-order valence-electron chi connectivity index (χ3n) is 9.32. The number of rotatable bonds is 8. The lowest BCUT2D eigenvalue weighted by Gasteiger charge is -2.36. The second-order valence-corrected chi connectivity index (χ2v) is 18.1. The molecule has 5 rings (SSSR count). The molecule has 0 bridgehead atoms. The van der Waals surface area contributed by atoms with Gasteiger partial charge in [-0.15, -0.1) is 0 Å². The number of sulfonamides is 1. The van der Waals surface area contributed by atoms with Gasteiger partial charge in [-0.1, -0.05) is 11.6 Å². The molecule has 2 aromatic rings. The number of benzene rings is 1. The van der Waals surface area contributed by atoms with Gasteiger partial charge in [0.15, 0.2) is 0 Å². The third-order valence-corrected chi connectivity index (χ3v) is 11.4. The minimum atomic E-state index is -3.91. The number of amides is 3. The topological polar surface area (TPSA) is 150 Å². The van der Waals surface area contributed by atoms with Crippen molar-refractivity contribution in [1.29, 1.82) is 0 Å². The minimum absolute atomic E-state index is 0.0450. The first-order chi connectivity index (χ1) is 24.6. The third kappa shape index (κ3) is 10.3. The van der Waals surface area contributed by atoms with Gasteiger partial charge in [0.2, 0.25) is 15.9 Å². The van der Waals surface area contributed by atoms with Crippen LogP contribution in [0.3, 0.4) is 0 Å². The van der Waals surface area contributed by atoms with E-state index in [1.807, 2.05) is 0 Å². The first kappa shape index (κ1) is 40.4. The van der Waals surface area contributed by atoms with Crippen LogP contribution in [0.4, 0.5) is 29.9 Å². The molecule has 1 atom stereocenters. The standard InChI is InChI=1S/C36H49ClF2N6O7S/c1-34(2,3)51-32(47)40-25-9-7-23(8-10-25)36(38,39)24-19-29(37)42-30(20-24)43-15-17-44(18-16-43)53(49,50)28-13-11-27(12-14-28)45-22-26(21-31(45)46)41-33(48)52-35(4,5)6/h11-14,19-20,23,25-26H,7-10,15-18,21-22H2,1-6H3,(H,40,47)(H,41,48). The molecular formula is C36H49ClF2N6O7S. The number of hydrogen-bond donors (Lipinski definition) is 2. The molecule has 0 radical (unpaired) electrons. The highest BCUT2D eigenvalue weighted by molar-refractivity contribution is 7.89. The van der Waals surface area contributed by atoms with Crippen molar-refractivity contribution < 1.29 is 41.1 Å². The number of nitrogens with one attached hydrogen (secondary N) is 2. The highest BCUT2D eigenvalue weighted by atomic mass is 35.5. The molecule has 1 aliphatic carbocycles. The van der Waals surface area contributed by atoms with Crippen LogP contribution in [0.2, 0.25) is 5.15 Å². The van der Waals surface area contributed by atoms with Crippen LogP contribution < -0.4 is 20.4 Å². The number of aromatic nitrogens is 1. The molecule has 17 heteroatoms. The van der Waals surface area contributed by atoms with Gasteiger partial charge < -0.3 is 29.9 Å². The Morgan fingerprint density at radius 2 is 1.40 bits per heavy atom. The van der Waals surface area contributed by atoms with Crippen LogP contribution in [0.1, 0.15) is 79.2 Å². The molecular weight excluding hydrogens is 734 g/mol. The molecule has 13 nitrogen and oxygen atoms in total. The summed E-state index contributed by atoms with van der Waals surface area (Å²) in [4.78, 5) is 44.6. The number of halogens is 3. The Bertz CT molecular complexity index is 1770. The van der Waals surface area contributed by atoms with Crippen molar-refractivity contribution >= 4 is 51.2 Å². The van der Waals surface area contributed by atoms with E-state index in [4.69, 9.17) is 21.1 Å². The van der Waals surface area contributed by atoms with Crippen LogP contribution >= 0.6 is 11.6 Å². The lowest BCUT2D eigenvalue weighted by Crippen LogP contribution is -2.49. The van der Waals surface area contributed by atoms with E-state index < -0.39 is 51.3 Å². The highest BCUT2D eigenvalue weighted by Gasteiger charge is 2.44. The average Bonchev–Trinajstić information content (AvgIpc) is 3.42. The fraction of sp³-hybridized carbons (Fsp3) is 0.611. The molecule has 292 valence electrons. The Morgan fingerprint density at radius 3 is 1.94 bits per heavy atom. The summed E-state index contributed by atoms with van der Waals surface area (Å²) in [6.45, 7) is 11.3. The van der Waals surface area contributed by atoms with Crippen molar-refractivity contribution in [2.24, 2.45) is 5.92 Å². The highest BCUT2D eigenvalue weighted by Crippen LogP contribution is 2.45. The Kier molecular flexibility index (Phi) is 11.9. The number of ether oxygens (including phenoxy) is 2. The number of nitrogens with zero attached hydrogens (tertiary/aromatic N) is 4. The maximum absolute atomic E-state index is 15.9. The monoisotopic (exact) mass is 782 g/mol. The van der Waals surface area contributed by atoms with E-state index in [0.29, 0.717) is 18.5 Å². The maximum Gasteiger partial charge on any atom is 0.407 e. The summed E-state index contributed by atoms with van der Waals surface area (Å²) >= 11 is 6.26. The first-order valence-corrected chi connectivity index (χ1v) is 19.6. The largest absolute Gasteiger partial charge is 0.444 e. The van der Waals surface area contributed by atoms with Gasteiger partial charge in [-0.25, -0.2) is 31.8 Å². The zero-order valence-electron chi connectivity index (χ0n) is 31.0. The second-order valence-electron chi connectivity index (χ2n) is 15.8. The average molecular weight is 783 g/mol. The Hall–Kier alpha value is -3.76. The van der Waals surface area contributed by atoms with E-state index in [1.165, 1.54) is 33.5 Å². The molecule has 1 aromatic heterocycles. The lowest BCUT2D eigenvalue weighted by molar-refractivity contribution is -0.117. The predicted octanol–water partition coefficient (Wildman–Crippen LogP) is 6.05. The van der Waals surface area contributed by atoms with Crippen molar-refractivity contribution in [2.75, 3.05) is 42.5 Å². The van der Waals surface area contributed by atoms with Crippen molar-refractivity contribution in [1.82, 2.24) is 19.9 Å². The van der Waals surface area contributed by atoms with Crippen molar-refractivity contribution in [2.45, 2.75) is 108 Å². The van der Waals surface area contributed by atoms with Gasteiger partial charge in [-0.05, 0) is 104 Å².